The molecule has 0 aromatic heterocycles. The van der Waals surface area contributed by atoms with Gasteiger partial charge >= 0.3 is 5.97 Å². The Balaban J connectivity index is 1.31. The highest BCUT2D eigenvalue weighted by Gasteiger charge is 2.42. The summed E-state index contributed by atoms with van der Waals surface area (Å²) >= 11 is 6.85. The van der Waals surface area contributed by atoms with E-state index in [9.17, 15) is 9.90 Å². The first-order chi connectivity index (χ1) is 15.5. The van der Waals surface area contributed by atoms with Crippen LogP contribution in [-0.2, 0) is 11.3 Å². The lowest BCUT2D eigenvalue weighted by Crippen LogP contribution is -2.44. The van der Waals surface area contributed by atoms with Crippen molar-refractivity contribution in [3.63, 3.8) is 0 Å². The molecule has 5 rings (SSSR count). The zero-order valence-corrected chi connectivity index (χ0v) is 19.7. The maximum atomic E-state index is 11.5. The van der Waals surface area contributed by atoms with Gasteiger partial charge in [0.15, 0.2) is 0 Å². The maximum Gasteiger partial charge on any atom is 0.306 e. The summed E-state index contributed by atoms with van der Waals surface area (Å²) in [4.78, 5) is 14.0. The molecule has 2 heterocycles. The molecule has 32 heavy (non-hydrogen) atoms. The third-order valence-corrected chi connectivity index (χ3v) is 8.64. The number of carbonyl (C=O) groups is 1. The fourth-order valence-electron chi connectivity index (χ4n) is 6.28. The van der Waals surface area contributed by atoms with Crippen LogP contribution in [0.4, 0.5) is 0 Å². The van der Waals surface area contributed by atoms with E-state index in [4.69, 9.17) is 16.3 Å². The second kappa shape index (κ2) is 9.23. The summed E-state index contributed by atoms with van der Waals surface area (Å²) in [5.41, 5.74) is 1.24. The lowest BCUT2D eigenvalue weighted by Gasteiger charge is -2.37. The van der Waals surface area contributed by atoms with Crippen LogP contribution in [0.1, 0.15) is 70.3 Å². The fourth-order valence-corrected chi connectivity index (χ4v) is 6.55. The van der Waals surface area contributed by atoms with E-state index in [0.717, 1.165) is 72.5 Å². The molecule has 1 aliphatic carbocycles. The second-order valence-electron chi connectivity index (χ2n) is 10.2. The predicted octanol–water partition coefficient (Wildman–Crippen LogP) is 6.67. The minimum absolute atomic E-state index is 0.179. The Morgan fingerprint density at radius 2 is 1.75 bits per heavy atom. The molecule has 2 unspecified atom stereocenters. The average molecular weight is 456 g/mol. The summed E-state index contributed by atoms with van der Waals surface area (Å²) in [5.74, 6) is 0.843. The SMILES string of the molecule is CCC1CCC(Oc2ccc3ccc(CN4C5CCC4CC(C(=O)O)C5)cc3c2Cl)CC1. The molecule has 2 saturated heterocycles. The largest absolute Gasteiger partial charge is 0.489 e. The van der Waals surface area contributed by atoms with Gasteiger partial charge in [0.25, 0.3) is 0 Å². The topological polar surface area (TPSA) is 49.8 Å². The van der Waals surface area contributed by atoms with Crippen LogP contribution in [0.25, 0.3) is 10.8 Å². The Morgan fingerprint density at radius 3 is 2.41 bits per heavy atom. The van der Waals surface area contributed by atoms with Crippen LogP contribution in [0.3, 0.4) is 0 Å². The van der Waals surface area contributed by atoms with E-state index in [1.54, 1.807) is 0 Å². The van der Waals surface area contributed by atoms with E-state index in [2.05, 4.69) is 36.1 Å². The van der Waals surface area contributed by atoms with Gasteiger partial charge in [0, 0.05) is 24.0 Å². The van der Waals surface area contributed by atoms with E-state index in [1.165, 1.54) is 24.8 Å². The van der Waals surface area contributed by atoms with Crippen molar-refractivity contribution >= 4 is 28.3 Å². The number of rotatable bonds is 6. The Hall–Kier alpha value is -1.78. The molecule has 3 fully saturated rings. The molecule has 1 N–H and O–H groups in total. The Bertz CT molecular complexity index is 970. The summed E-state index contributed by atoms with van der Waals surface area (Å²) in [6.45, 7) is 3.14. The van der Waals surface area contributed by atoms with Crippen molar-refractivity contribution < 1.29 is 14.6 Å². The van der Waals surface area contributed by atoms with Crippen molar-refractivity contribution in [2.24, 2.45) is 11.8 Å². The molecule has 5 heteroatoms. The van der Waals surface area contributed by atoms with Gasteiger partial charge in [-0.1, -0.05) is 43.1 Å². The lowest BCUT2D eigenvalue weighted by atomic mass is 9.86. The number of aliphatic carboxylic acids is 1. The van der Waals surface area contributed by atoms with Crippen molar-refractivity contribution in [3.8, 4) is 5.75 Å². The maximum absolute atomic E-state index is 11.5. The van der Waals surface area contributed by atoms with Crippen molar-refractivity contribution in [1.82, 2.24) is 4.90 Å². The number of hydrogen-bond donors (Lipinski definition) is 1. The second-order valence-corrected chi connectivity index (χ2v) is 10.5. The number of halogens is 1. The average Bonchev–Trinajstić information content (AvgIpc) is 3.02. The van der Waals surface area contributed by atoms with E-state index in [1.807, 2.05) is 6.07 Å². The fraction of sp³-hybridized carbons (Fsp3) is 0.593. The summed E-state index contributed by atoms with van der Waals surface area (Å²) < 4.78 is 6.36. The number of hydrogen-bond acceptors (Lipinski definition) is 3. The zero-order valence-electron chi connectivity index (χ0n) is 18.9. The monoisotopic (exact) mass is 455 g/mol. The first-order valence-electron chi connectivity index (χ1n) is 12.4. The molecule has 0 amide bonds. The summed E-state index contributed by atoms with van der Waals surface area (Å²) in [6, 6.07) is 11.4. The van der Waals surface area contributed by atoms with Crippen LogP contribution >= 0.6 is 11.6 Å². The van der Waals surface area contributed by atoms with Crippen LogP contribution in [-0.4, -0.2) is 34.2 Å². The third kappa shape index (κ3) is 4.36. The van der Waals surface area contributed by atoms with Gasteiger partial charge in [-0.2, -0.15) is 0 Å². The third-order valence-electron chi connectivity index (χ3n) is 8.25. The van der Waals surface area contributed by atoms with Crippen LogP contribution < -0.4 is 4.74 Å². The molecule has 2 aromatic carbocycles. The number of carboxylic acids is 1. The van der Waals surface area contributed by atoms with Crippen LogP contribution in [0, 0.1) is 11.8 Å². The summed E-state index contributed by atoms with van der Waals surface area (Å²) in [5, 5.41) is 12.4. The number of ether oxygens (including phenoxy) is 1. The zero-order chi connectivity index (χ0) is 22.2. The predicted molar refractivity (Wildman–Crippen MR) is 128 cm³/mol. The smallest absolute Gasteiger partial charge is 0.306 e. The Labute approximate surface area is 195 Å². The number of benzene rings is 2. The summed E-state index contributed by atoms with van der Waals surface area (Å²) in [7, 11) is 0. The summed E-state index contributed by atoms with van der Waals surface area (Å²) in [6.07, 6.45) is 10.0. The molecular weight excluding hydrogens is 422 g/mol. The molecule has 172 valence electrons. The molecule has 4 nitrogen and oxygen atoms in total. The van der Waals surface area contributed by atoms with Crippen molar-refractivity contribution in [3.05, 3.63) is 40.9 Å². The minimum Gasteiger partial charge on any atom is -0.489 e. The molecule has 2 atom stereocenters. The Kier molecular flexibility index (Phi) is 6.35. The van der Waals surface area contributed by atoms with Gasteiger partial charge in [0.05, 0.1) is 17.0 Å². The highest BCUT2D eigenvalue weighted by Crippen LogP contribution is 2.41. The van der Waals surface area contributed by atoms with Crippen LogP contribution in [0.15, 0.2) is 30.3 Å². The number of nitrogens with zero attached hydrogens (tertiary/aromatic N) is 1. The van der Waals surface area contributed by atoms with Gasteiger partial charge in [0.1, 0.15) is 5.75 Å². The molecule has 2 aromatic rings. The molecule has 1 saturated carbocycles. The molecular formula is C27H34ClNO3. The highest BCUT2D eigenvalue weighted by atomic mass is 35.5. The lowest BCUT2D eigenvalue weighted by molar-refractivity contribution is -0.144. The van der Waals surface area contributed by atoms with Gasteiger partial charge in [0.2, 0.25) is 0 Å². The molecule has 2 bridgehead atoms. The van der Waals surface area contributed by atoms with Gasteiger partial charge in [-0.25, -0.2) is 0 Å². The quantitative estimate of drug-likeness (QED) is 0.528. The molecule has 0 spiro atoms. The van der Waals surface area contributed by atoms with Gasteiger partial charge in [-0.3, -0.25) is 9.69 Å². The van der Waals surface area contributed by atoms with E-state index < -0.39 is 5.97 Å². The van der Waals surface area contributed by atoms with Crippen LogP contribution in [0.2, 0.25) is 5.02 Å². The normalized spacial score (nSPS) is 30.5. The Morgan fingerprint density at radius 1 is 1.06 bits per heavy atom. The van der Waals surface area contributed by atoms with Crippen molar-refractivity contribution in [2.45, 2.75) is 89.4 Å². The van der Waals surface area contributed by atoms with Crippen molar-refractivity contribution in [1.29, 1.82) is 0 Å². The van der Waals surface area contributed by atoms with Gasteiger partial charge in [-0.15, -0.1) is 0 Å². The van der Waals surface area contributed by atoms with E-state index >= 15 is 0 Å². The van der Waals surface area contributed by atoms with Crippen LogP contribution in [0.5, 0.6) is 5.75 Å². The number of piperidine rings is 1. The minimum atomic E-state index is -0.630. The first-order valence-corrected chi connectivity index (χ1v) is 12.8. The number of carboxylic acid groups (broad SMARTS) is 1. The van der Waals surface area contributed by atoms with E-state index in [0.29, 0.717) is 12.1 Å². The highest BCUT2D eigenvalue weighted by molar-refractivity contribution is 6.37. The van der Waals surface area contributed by atoms with Crippen molar-refractivity contribution in [2.75, 3.05) is 0 Å². The molecule has 2 aliphatic heterocycles. The van der Waals surface area contributed by atoms with Gasteiger partial charge < -0.3 is 9.84 Å². The first kappa shape index (κ1) is 22.0. The van der Waals surface area contributed by atoms with Gasteiger partial charge in [-0.05, 0) is 80.4 Å². The van der Waals surface area contributed by atoms with E-state index in [-0.39, 0.29) is 12.0 Å². The standard InChI is InChI=1S/C27H34ClNO3/c1-2-17-4-10-23(11-5-17)32-25-12-7-19-6-3-18(13-24(19)26(25)28)16-29-21-8-9-22(29)15-20(14-21)27(30)31/h3,6-7,12-13,17,20-23H,2,4-5,8-11,14-16H2,1H3,(H,30,31). The molecule has 0 radical (unpaired) electrons. The number of fused-ring (bicyclic) bond motifs is 3. The molecule has 3 aliphatic rings.